The lowest BCUT2D eigenvalue weighted by atomic mass is 10.1. The van der Waals surface area contributed by atoms with E-state index in [2.05, 4.69) is 4.98 Å². The number of ether oxygens (including phenoxy) is 1. The SMILES string of the molecule is COc1ccc(Cn2cnc3c(-c4ccc(Cl)cc4)cn(C)c3c2=O)cc1F. The zero-order valence-corrected chi connectivity index (χ0v) is 16.1. The summed E-state index contributed by atoms with van der Waals surface area (Å²) in [6.45, 7) is 0.212. The van der Waals surface area contributed by atoms with E-state index in [0.29, 0.717) is 21.6 Å². The fourth-order valence-electron chi connectivity index (χ4n) is 3.27. The van der Waals surface area contributed by atoms with Crippen LogP contribution in [-0.2, 0) is 13.6 Å². The Morgan fingerprint density at radius 2 is 1.93 bits per heavy atom. The van der Waals surface area contributed by atoms with Crippen molar-refractivity contribution in [2.45, 2.75) is 6.54 Å². The summed E-state index contributed by atoms with van der Waals surface area (Å²) in [7, 11) is 3.22. The number of halogens is 2. The summed E-state index contributed by atoms with van der Waals surface area (Å²) < 4.78 is 22.1. The molecule has 0 N–H and O–H groups in total. The molecule has 0 unspecified atom stereocenters. The van der Waals surface area contributed by atoms with Crippen LogP contribution in [0.4, 0.5) is 4.39 Å². The van der Waals surface area contributed by atoms with Gasteiger partial charge in [0.05, 0.1) is 20.0 Å². The maximum atomic E-state index is 13.9. The van der Waals surface area contributed by atoms with Crippen molar-refractivity contribution in [3.63, 3.8) is 0 Å². The van der Waals surface area contributed by atoms with Gasteiger partial charge >= 0.3 is 0 Å². The van der Waals surface area contributed by atoms with Crippen LogP contribution in [0.3, 0.4) is 0 Å². The van der Waals surface area contributed by atoms with Crippen LogP contribution in [0.5, 0.6) is 5.75 Å². The van der Waals surface area contributed by atoms with Gasteiger partial charge in [-0.05, 0) is 35.4 Å². The van der Waals surface area contributed by atoms with E-state index in [1.54, 1.807) is 28.8 Å². The molecule has 0 atom stereocenters. The number of hydrogen-bond acceptors (Lipinski definition) is 3. The van der Waals surface area contributed by atoms with E-state index in [1.807, 2.05) is 25.4 Å². The number of methoxy groups -OCH3 is 1. The van der Waals surface area contributed by atoms with E-state index < -0.39 is 5.82 Å². The second-order valence-corrected chi connectivity index (χ2v) is 6.94. The first-order valence-corrected chi connectivity index (χ1v) is 8.98. The van der Waals surface area contributed by atoms with Gasteiger partial charge in [0.25, 0.3) is 5.56 Å². The Bertz CT molecular complexity index is 1230. The van der Waals surface area contributed by atoms with Gasteiger partial charge in [-0.1, -0.05) is 29.8 Å². The summed E-state index contributed by atoms with van der Waals surface area (Å²) in [5, 5.41) is 0.644. The van der Waals surface area contributed by atoms with Crippen molar-refractivity contribution in [2.75, 3.05) is 7.11 Å². The number of nitrogens with zero attached hydrogens (tertiary/aromatic N) is 3. The summed E-state index contributed by atoms with van der Waals surface area (Å²) in [5.41, 5.74) is 3.34. The van der Waals surface area contributed by atoms with Crippen LogP contribution in [0.2, 0.25) is 5.02 Å². The van der Waals surface area contributed by atoms with E-state index >= 15 is 0 Å². The van der Waals surface area contributed by atoms with Crippen LogP contribution in [-0.4, -0.2) is 21.2 Å². The molecule has 0 saturated carbocycles. The molecule has 7 heteroatoms. The minimum absolute atomic E-state index is 0.166. The van der Waals surface area contributed by atoms with Gasteiger partial charge < -0.3 is 9.30 Å². The third kappa shape index (κ3) is 3.16. The third-order valence-corrected chi connectivity index (χ3v) is 4.92. The molecule has 0 aliphatic carbocycles. The maximum absolute atomic E-state index is 13.9. The molecule has 0 fully saturated rings. The molecule has 0 bridgehead atoms. The largest absolute Gasteiger partial charge is 0.494 e. The Kier molecular flexibility index (Phi) is 4.65. The first-order chi connectivity index (χ1) is 13.5. The number of aromatic nitrogens is 3. The highest BCUT2D eigenvalue weighted by atomic mass is 35.5. The van der Waals surface area contributed by atoms with E-state index in [1.165, 1.54) is 24.1 Å². The fraction of sp³-hybridized carbons (Fsp3) is 0.143. The minimum atomic E-state index is -0.467. The zero-order chi connectivity index (χ0) is 19.8. The molecule has 4 rings (SSSR count). The number of rotatable bonds is 4. The fourth-order valence-corrected chi connectivity index (χ4v) is 3.40. The molecule has 2 aromatic heterocycles. The summed E-state index contributed by atoms with van der Waals surface area (Å²) >= 11 is 5.97. The van der Waals surface area contributed by atoms with Gasteiger partial charge in [0.1, 0.15) is 11.0 Å². The third-order valence-electron chi connectivity index (χ3n) is 4.67. The molecular weight excluding hydrogens is 381 g/mol. The first kappa shape index (κ1) is 18.3. The Labute approximate surface area is 165 Å². The van der Waals surface area contributed by atoms with Crippen molar-refractivity contribution >= 4 is 22.6 Å². The van der Waals surface area contributed by atoms with Crippen LogP contribution >= 0.6 is 11.6 Å². The van der Waals surface area contributed by atoms with E-state index in [0.717, 1.165) is 11.1 Å². The van der Waals surface area contributed by atoms with Crippen molar-refractivity contribution in [3.8, 4) is 16.9 Å². The monoisotopic (exact) mass is 397 g/mol. The van der Waals surface area contributed by atoms with E-state index in [9.17, 15) is 9.18 Å². The van der Waals surface area contributed by atoms with Crippen molar-refractivity contribution in [1.82, 2.24) is 14.1 Å². The molecular formula is C21H17ClFN3O2. The van der Waals surface area contributed by atoms with Crippen LogP contribution in [0.15, 0.2) is 59.8 Å². The molecule has 0 spiro atoms. The van der Waals surface area contributed by atoms with Crippen molar-refractivity contribution in [2.24, 2.45) is 7.05 Å². The lowest BCUT2D eigenvalue weighted by Crippen LogP contribution is -2.22. The summed E-state index contributed by atoms with van der Waals surface area (Å²) in [5.74, 6) is -0.300. The molecule has 2 aromatic carbocycles. The summed E-state index contributed by atoms with van der Waals surface area (Å²) in [4.78, 5) is 17.5. The smallest absolute Gasteiger partial charge is 0.278 e. The molecule has 28 heavy (non-hydrogen) atoms. The van der Waals surface area contributed by atoms with Crippen molar-refractivity contribution < 1.29 is 9.13 Å². The Morgan fingerprint density at radius 3 is 2.61 bits per heavy atom. The predicted octanol–water partition coefficient (Wildman–Crippen LogP) is 4.25. The highest BCUT2D eigenvalue weighted by Gasteiger charge is 2.15. The molecule has 0 saturated heterocycles. The molecule has 5 nitrogen and oxygen atoms in total. The zero-order valence-electron chi connectivity index (χ0n) is 15.3. The van der Waals surface area contributed by atoms with Gasteiger partial charge in [0.15, 0.2) is 11.6 Å². The number of aryl methyl sites for hydroxylation is 1. The van der Waals surface area contributed by atoms with Gasteiger partial charge in [-0.2, -0.15) is 0 Å². The van der Waals surface area contributed by atoms with Gasteiger partial charge in [-0.25, -0.2) is 9.37 Å². The van der Waals surface area contributed by atoms with Gasteiger partial charge in [-0.3, -0.25) is 9.36 Å². The van der Waals surface area contributed by atoms with Crippen LogP contribution in [0.25, 0.3) is 22.2 Å². The quantitative estimate of drug-likeness (QED) is 0.517. The van der Waals surface area contributed by atoms with Gasteiger partial charge in [0, 0.05) is 23.8 Å². The molecule has 0 aliphatic heterocycles. The lowest BCUT2D eigenvalue weighted by Gasteiger charge is -2.08. The second kappa shape index (κ2) is 7.13. The topological polar surface area (TPSA) is 49.0 Å². The van der Waals surface area contributed by atoms with E-state index in [4.69, 9.17) is 16.3 Å². The summed E-state index contributed by atoms with van der Waals surface area (Å²) in [6.07, 6.45) is 3.37. The Morgan fingerprint density at radius 1 is 1.18 bits per heavy atom. The standard InChI is InChI=1S/C21H17ClFN3O2/c1-25-11-16(14-4-6-15(22)7-5-14)19-20(25)21(27)26(12-24-19)10-13-3-8-18(28-2)17(23)9-13/h3-9,11-12H,10H2,1-2H3. The Hall–Kier alpha value is -3.12. The number of hydrogen-bond donors (Lipinski definition) is 0. The molecule has 0 radical (unpaired) electrons. The van der Waals surface area contributed by atoms with Crippen molar-refractivity contribution in [1.29, 1.82) is 0 Å². The molecule has 2 heterocycles. The first-order valence-electron chi connectivity index (χ1n) is 8.60. The molecule has 142 valence electrons. The molecule has 0 aliphatic rings. The highest BCUT2D eigenvalue weighted by Crippen LogP contribution is 2.28. The predicted molar refractivity (Wildman–Crippen MR) is 107 cm³/mol. The Balaban J connectivity index is 1.77. The van der Waals surface area contributed by atoms with Crippen LogP contribution in [0.1, 0.15) is 5.56 Å². The average Bonchev–Trinajstić information content (AvgIpc) is 3.02. The number of benzene rings is 2. The normalized spacial score (nSPS) is 11.1. The average molecular weight is 398 g/mol. The number of fused-ring (bicyclic) bond motifs is 1. The summed E-state index contributed by atoms with van der Waals surface area (Å²) in [6, 6.07) is 12.0. The maximum Gasteiger partial charge on any atom is 0.278 e. The molecule has 4 aromatic rings. The minimum Gasteiger partial charge on any atom is -0.494 e. The second-order valence-electron chi connectivity index (χ2n) is 6.50. The van der Waals surface area contributed by atoms with Gasteiger partial charge in [0.2, 0.25) is 0 Å². The molecule has 0 amide bonds. The van der Waals surface area contributed by atoms with Crippen LogP contribution in [0, 0.1) is 5.82 Å². The van der Waals surface area contributed by atoms with Crippen molar-refractivity contribution in [3.05, 3.63) is 81.7 Å². The highest BCUT2D eigenvalue weighted by molar-refractivity contribution is 6.30. The van der Waals surface area contributed by atoms with Crippen LogP contribution < -0.4 is 10.3 Å². The lowest BCUT2D eigenvalue weighted by molar-refractivity contribution is 0.386. The van der Waals surface area contributed by atoms with Gasteiger partial charge in [-0.15, -0.1) is 0 Å². The van der Waals surface area contributed by atoms with E-state index in [-0.39, 0.29) is 17.9 Å².